The number of unbranched alkanes of at least 4 members (excludes halogenated alkanes) is 8. The Balaban J connectivity index is 2.46. The average Bonchev–Trinajstić information content (AvgIpc) is 2.72. The second-order valence-electron chi connectivity index (χ2n) is 9.18. The molecule has 0 N–H and O–H groups in total. The van der Waals surface area contributed by atoms with Crippen LogP contribution in [-0.2, 0) is 9.47 Å². The molecule has 0 bridgehead atoms. The van der Waals surface area contributed by atoms with E-state index in [1.54, 1.807) is 24.3 Å². The monoisotopic (exact) mass is 418 g/mol. The Kier molecular flexibility index (Phi) is 12.4. The second-order valence-corrected chi connectivity index (χ2v) is 9.18. The van der Waals surface area contributed by atoms with Gasteiger partial charge in [-0.2, -0.15) is 0 Å². The van der Waals surface area contributed by atoms with Crippen molar-refractivity contribution in [3.63, 3.8) is 0 Å². The van der Waals surface area contributed by atoms with E-state index >= 15 is 0 Å². The van der Waals surface area contributed by atoms with Crippen LogP contribution in [0.2, 0.25) is 0 Å². The van der Waals surface area contributed by atoms with Gasteiger partial charge in [-0.3, -0.25) is 0 Å². The van der Waals surface area contributed by atoms with Crippen molar-refractivity contribution in [1.82, 2.24) is 0 Å². The lowest BCUT2D eigenvalue weighted by Gasteiger charge is -2.29. The fourth-order valence-corrected chi connectivity index (χ4v) is 3.56. The van der Waals surface area contributed by atoms with Crippen molar-refractivity contribution in [2.24, 2.45) is 5.41 Å². The zero-order chi connectivity index (χ0) is 22.4. The Morgan fingerprint density at radius 3 is 1.80 bits per heavy atom. The molecule has 0 saturated carbocycles. The van der Waals surface area contributed by atoms with Gasteiger partial charge in [0.15, 0.2) is 0 Å². The highest BCUT2D eigenvalue weighted by Crippen LogP contribution is 2.26. The summed E-state index contributed by atoms with van der Waals surface area (Å²) in [6.07, 6.45) is 11.4. The van der Waals surface area contributed by atoms with Crippen LogP contribution in [0.1, 0.15) is 120 Å². The van der Waals surface area contributed by atoms with Crippen molar-refractivity contribution < 1.29 is 19.1 Å². The highest BCUT2D eigenvalue weighted by Gasteiger charge is 2.28. The van der Waals surface area contributed by atoms with Crippen LogP contribution in [0.15, 0.2) is 24.3 Å². The Hall–Kier alpha value is -1.84. The first-order valence-corrected chi connectivity index (χ1v) is 11.8. The molecule has 4 heteroatoms. The molecule has 0 fully saturated rings. The Labute approximate surface area is 183 Å². The minimum Gasteiger partial charge on any atom is -0.462 e. The van der Waals surface area contributed by atoms with Gasteiger partial charge in [-0.05, 0) is 30.4 Å². The van der Waals surface area contributed by atoms with Crippen molar-refractivity contribution in [3.05, 3.63) is 35.4 Å². The van der Waals surface area contributed by atoms with Crippen LogP contribution in [0.25, 0.3) is 0 Å². The maximum Gasteiger partial charge on any atom is 0.339 e. The molecule has 1 unspecified atom stereocenters. The molecule has 1 atom stereocenters. The van der Waals surface area contributed by atoms with Crippen LogP contribution in [0.4, 0.5) is 0 Å². The van der Waals surface area contributed by atoms with Gasteiger partial charge in [0.1, 0.15) is 6.10 Å². The molecule has 30 heavy (non-hydrogen) atoms. The van der Waals surface area contributed by atoms with Crippen LogP contribution in [-0.4, -0.2) is 24.6 Å². The maximum absolute atomic E-state index is 12.7. The molecule has 1 aromatic carbocycles. The van der Waals surface area contributed by atoms with Gasteiger partial charge in [0.2, 0.25) is 0 Å². The largest absolute Gasteiger partial charge is 0.462 e. The third-order valence-corrected chi connectivity index (χ3v) is 5.43. The highest BCUT2D eigenvalue weighted by atomic mass is 16.5. The maximum atomic E-state index is 12.7. The lowest BCUT2D eigenvalue weighted by atomic mass is 9.87. The van der Waals surface area contributed by atoms with Crippen molar-refractivity contribution in [3.8, 4) is 0 Å². The average molecular weight is 419 g/mol. The van der Waals surface area contributed by atoms with Crippen LogP contribution in [0.5, 0.6) is 0 Å². The summed E-state index contributed by atoms with van der Waals surface area (Å²) < 4.78 is 11.1. The predicted octanol–water partition coefficient (Wildman–Crippen LogP) is 7.36. The summed E-state index contributed by atoms with van der Waals surface area (Å²) >= 11 is 0. The molecule has 170 valence electrons. The van der Waals surface area contributed by atoms with Gasteiger partial charge < -0.3 is 9.47 Å². The quantitative estimate of drug-likeness (QED) is 0.234. The fraction of sp³-hybridized carbons (Fsp3) is 0.692. The molecule has 0 heterocycles. The number of hydrogen-bond donors (Lipinski definition) is 0. The van der Waals surface area contributed by atoms with Gasteiger partial charge in [0, 0.05) is 0 Å². The van der Waals surface area contributed by atoms with Gasteiger partial charge in [-0.15, -0.1) is 0 Å². The third-order valence-electron chi connectivity index (χ3n) is 5.43. The van der Waals surface area contributed by atoms with Crippen molar-refractivity contribution in [2.45, 2.75) is 105 Å². The zero-order valence-electron chi connectivity index (χ0n) is 19.8. The normalized spacial score (nSPS) is 12.4. The predicted molar refractivity (Wildman–Crippen MR) is 123 cm³/mol. The molecule has 0 aliphatic carbocycles. The van der Waals surface area contributed by atoms with Gasteiger partial charge in [-0.1, -0.05) is 98.1 Å². The Morgan fingerprint density at radius 2 is 1.30 bits per heavy atom. The van der Waals surface area contributed by atoms with Crippen molar-refractivity contribution >= 4 is 11.9 Å². The molecule has 0 aliphatic rings. The van der Waals surface area contributed by atoms with Gasteiger partial charge in [-0.25, -0.2) is 9.59 Å². The molecule has 0 aromatic heterocycles. The van der Waals surface area contributed by atoms with Crippen molar-refractivity contribution in [1.29, 1.82) is 0 Å². The van der Waals surface area contributed by atoms with Gasteiger partial charge in [0.25, 0.3) is 0 Å². The van der Waals surface area contributed by atoms with E-state index < -0.39 is 11.9 Å². The SMILES string of the molecule is CCCCCCCCCCCOC(=O)c1ccccc1C(=O)OC(CC)C(C)(C)C. The minimum atomic E-state index is -0.465. The minimum absolute atomic E-state index is 0.157. The number of carbonyl (C=O) groups is 2. The van der Waals surface area contributed by atoms with E-state index in [1.807, 2.05) is 27.7 Å². The van der Waals surface area contributed by atoms with Crippen LogP contribution < -0.4 is 0 Å². The van der Waals surface area contributed by atoms with Gasteiger partial charge >= 0.3 is 11.9 Å². The van der Waals surface area contributed by atoms with Crippen molar-refractivity contribution in [2.75, 3.05) is 6.61 Å². The standard InChI is InChI=1S/C26H42O4/c1-6-8-9-10-11-12-13-14-17-20-29-24(27)21-18-15-16-19-22(21)25(28)30-23(7-2)26(3,4)5/h15-16,18-19,23H,6-14,17,20H2,1-5H3. The summed E-state index contributed by atoms with van der Waals surface area (Å²) in [6, 6.07) is 6.75. The first-order valence-electron chi connectivity index (χ1n) is 11.8. The van der Waals surface area contributed by atoms with E-state index in [1.165, 1.54) is 44.9 Å². The molecule has 1 rings (SSSR count). The first-order chi connectivity index (χ1) is 14.3. The number of ether oxygens (including phenoxy) is 2. The van der Waals surface area contributed by atoms with Crippen LogP contribution >= 0.6 is 0 Å². The fourth-order valence-electron chi connectivity index (χ4n) is 3.56. The number of carbonyl (C=O) groups excluding carboxylic acids is 2. The van der Waals surface area contributed by atoms with Crippen LogP contribution in [0.3, 0.4) is 0 Å². The third kappa shape index (κ3) is 9.77. The van der Waals surface area contributed by atoms with E-state index in [0.717, 1.165) is 19.3 Å². The highest BCUT2D eigenvalue weighted by molar-refractivity contribution is 6.03. The second kappa shape index (κ2) is 14.2. The van der Waals surface area contributed by atoms with E-state index in [0.29, 0.717) is 6.61 Å². The van der Waals surface area contributed by atoms with Gasteiger partial charge in [0.05, 0.1) is 17.7 Å². The summed E-state index contributed by atoms with van der Waals surface area (Å²) in [7, 11) is 0. The first kappa shape index (κ1) is 26.2. The zero-order valence-corrected chi connectivity index (χ0v) is 19.8. The summed E-state index contributed by atoms with van der Waals surface area (Å²) in [5.41, 5.74) is 0.398. The number of hydrogen-bond acceptors (Lipinski definition) is 4. The van der Waals surface area contributed by atoms with E-state index in [2.05, 4.69) is 6.92 Å². The summed E-state index contributed by atoms with van der Waals surface area (Å²) in [6.45, 7) is 10.7. The number of rotatable bonds is 14. The van der Waals surface area contributed by atoms with E-state index in [9.17, 15) is 9.59 Å². The summed E-state index contributed by atoms with van der Waals surface area (Å²) in [4.78, 5) is 25.2. The Bertz CT molecular complexity index is 630. The molecule has 0 radical (unpaired) electrons. The van der Waals surface area contributed by atoms with E-state index in [4.69, 9.17) is 9.47 Å². The topological polar surface area (TPSA) is 52.6 Å². The molecular weight excluding hydrogens is 376 g/mol. The molecule has 0 spiro atoms. The number of esters is 2. The number of benzene rings is 1. The smallest absolute Gasteiger partial charge is 0.339 e. The Morgan fingerprint density at radius 1 is 0.800 bits per heavy atom. The lowest BCUT2D eigenvalue weighted by molar-refractivity contribution is -0.00437. The summed E-state index contributed by atoms with van der Waals surface area (Å²) in [5, 5.41) is 0. The lowest BCUT2D eigenvalue weighted by Crippen LogP contribution is -2.31. The molecule has 0 amide bonds. The molecular formula is C26H42O4. The summed E-state index contributed by atoms with van der Waals surface area (Å²) in [5.74, 6) is -0.918. The molecule has 1 aromatic rings. The van der Waals surface area contributed by atoms with E-state index in [-0.39, 0.29) is 22.6 Å². The molecule has 4 nitrogen and oxygen atoms in total. The van der Waals surface area contributed by atoms with Crippen LogP contribution in [0, 0.1) is 5.41 Å². The molecule has 0 aliphatic heterocycles. The molecule has 0 saturated heterocycles.